The third kappa shape index (κ3) is 3.93. The van der Waals surface area contributed by atoms with Crippen molar-refractivity contribution in [3.63, 3.8) is 0 Å². The summed E-state index contributed by atoms with van der Waals surface area (Å²) in [6, 6.07) is 7.25. The second kappa shape index (κ2) is 8.14. The molecule has 2 fully saturated rings. The molecule has 0 aromatic carbocycles. The van der Waals surface area contributed by atoms with Gasteiger partial charge in [0.1, 0.15) is 5.82 Å². The smallest absolute Gasteiger partial charge is 0.330 e. The molecular formula is C25H32N6O3. The number of aryl methyl sites for hydroxylation is 1. The van der Waals surface area contributed by atoms with Crippen LogP contribution in [0.15, 0.2) is 35.3 Å². The topological polar surface area (TPSA) is 96.5 Å². The zero-order valence-electron chi connectivity index (χ0n) is 20.2. The van der Waals surface area contributed by atoms with Gasteiger partial charge in [-0.25, -0.2) is 14.8 Å². The standard InChI is InChI=1S/C25H32N6O3/c1-25(2,3)15-30-19-9-10-20(27-22(19)28(4)24(30)34)29-13-17-6-5-7-18(14-29)31(17)23(33)16-8-11-21(32)26-12-16/h8-12,17-18H,5-7,13-15H2,1-4H3,(H,26,32). The van der Waals surface area contributed by atoms with Crippen LogP contribution in [0.25, 0.3) is 11.2 Å². The number of hydrogen-bond acceptors (Lipinski definition) is 6. The Morgan fingerprint density at radius 3 is 2.44 bits per heavy atom. The van der Waals surface area contributed by atoms with Crippen molar-refractivity contribution in [2.75, 3.05) is 18.0 Å². The molecule has 3 aromatic heterocycles. The first-order valence-corrected chi connectivity index (χ1v) is 11.9. The molecule has 0 radical (unpaired) electrons. The number of carbonyl (C=O) groups is 1. The Balaban J connectivity index is 1.43. The largest absolute Gasteiger partial charge is 0.493 e. The molecule has 2 bridgehead atoms. The normalized spacial score (nSPS) is 20.7. The van der Waals surface area contributed by atoms with Crippen LogP contribution in [-0.4, -0.2) is 60.2 Å². The first kappa shape index (κ1) is 22.4. The van der Waals surface area contributed by atoms with Crippen LogP contribution in [0.1, 0.15) is 50.4 Å². The van der Waals surface area contributed by atoms with E-state index in [2.05, 4.69) is 30.7 Å². The van der Waals surface area contributed by atoms with Crippen molar-refractivity contribution in [1.82, 2.24) is 24.0 Å². The van der Waals surface area contributed by atoms with E-state index in [1.807, 2.05) is 21.6 Å². The molecule has 2 aliphatic rings. The van der Waals surface area contributed by atoms with Crippen LogP contribution in [0.5, 0.6) is 5.88 Å². The van der Waals surface area contributed by atoms with Gasteiger partial charge in [-0.3, -0.25) is 13.9 Å². The molecule has 0 saturated carbocycles. The summed E-state index contributed by atoms with van der Waals surface area (Å²) in [5.41, 5.74) is 1.96. The van der Waals surface area contributed by atoms with Crippen molar-refractivity contribution >= 4 is 22.9 Å². The number of hydrogen-bond donors (Lipinski definition) is 1. The Kier molecular flexibility index (Phi) is 5.37. The minimum Gasteiger partial charge on any atom is -0.493 e. The van der Waals surface area contributed by atoms with Crippen molar-refractivity contribution < 1.29 is 9.90 Å². The van der Waals surface area contributed by atoms with Crippen molar-refractivity contribution in [2.45, 2.75) is 58.7 Å². The lowest BCUT2D eigenvalue weighted by molar-refractivity contribution is 0.0391. The van der Waals surface area contributed by atoms with Crippen LogP contribution >= 0.6 is 0 Å². The number of nitrogens with zero attached hydrogens (tertiary/aromatic N) is 6. The van der Waals surface area contributed by atoms with E-state index in [4.69, 9.17) is 4.98 Å². The number of piperazine rings is 1. The fraction of sp³-hybridized carbons (Fsp3) is 0.520. The predicted molar refractivity (Wildman–Crippen MR) is 130 cm³/mol. The van der Waals surface area contributed by atoms with Crippen LogP contribution in [-0.2, 0) is 13.6 Å². The third-order valence-electron chi connectivity index (χ3n) is 6.88. The maximum Gasteiger partial charge on any atom is 0.330 e. The van der Waals surface area contributed by atoms with Crippen molar-refractivity contribution in [1.29, 1.82) is 0 Å². The zero-order chi connectivity index (χ0) is 24.2. The van der Waals surface area contributed by atoms with Crippen molar-refractivity contribution in [3.8, 4) is 5.88 Å². The van der Waals surface area contributed by atoms with Crippen molar-refractivity contribution in [2.24, 2.45) is 12.5 Å². The molecule has 5 rings (SSSR count). The highest BCUT2D eigenvalue weighted by molar-refractivity contribution is 5.94. The van der Waals surface area contributed by atoms with E-state index in [9.17, 15) is 14.7 Å². The highest BCUT2D eigenvalue weighted by Gasteiger charge is 2.41. The number of amides is 1. The predicted octanol–water partition coefficient (Wildman–Crippen LogP) is 2.77. The molecule has 180 valence electrons. The number of anilines is 1. The number of aromatic hydroxyl groups is 1. The summed E-state index contributed by atoms with van der Waals surface area (Å²) >= 11 is 0. The molecule has 2 saturated heterocycles. The Bertz CT molecular complexity index is 1270. The minimum absolute atomic E-state index is 0.0237. The second-order valence-corrected chi connectivity index (χ2v) is 10.8. The summed E-state index contributed by atoms with van der Waals surface area (Å²) in [7, 11) is 1.78. The highest BCUT2D eigenvalue weighted by Crippen LogP contribution is 2.33. The molecule has 2 unspecified atom stereocenters. The van der Waals surface area contributed by atoms with Gasteiger partial charge in [-0.15, -0.1) is 0 Å². The third-order valence-corrected chi connectivity index (χ3v) is 6.88. The summed E-state index contributed by atoms with van der Waals surface area (Å²) < 4.78 is 3.44. The Morgan fingerprint density at radius 2 is 1.82 bits per heavy atom. The van der Waals surface area contributed by atoms with Crippen LogP contribution < -0.4 is 10.6 Å². The molecule has 34 heavy (non-hydrogen) atoms. The summed E-state index contributed by atoms with van der Waals surface area (Å²) in [4.78, 5) is 39.2. The van der Waals surface area contributed by atoms with E-state index < -0.39 is 0 Å². The maximum absolute atomic E-state index is 13.3. The lowest BCUT2D eigenvalue weighted by atomic mass is 9.90. The monoisotopic (exact) mass is 464 g/mol. The average molecular weight is 465 g/mol. The zero-order valence-corrected chi connectivity index (χ0v) is 20.2. The van der Waals surface area contributed by atoms with Gasteiger partial charge in [0.25, 0.3) is 5.91 Å². The summed E-state index contributed by atoms with van der Waals surface area (Å²) in [5.74, 6) is 0.715. The number of carbonyl (C=O) groups excluding carboxylic acids is 1. The summed E-state index contributed by atoms with van der Waals surface area (Å²) in [5, 5.41) is 9.47. The van der Waals surface area contributed by atoms with Crippen LogP contribution in [0.4, 0.5) is 5.82 Å². The molecular weight excluding hydrogens is 432 g/mol. The van der Waals surface area contributed by atoms with Gasteiger partial charge in [-0.05, 0) is 42.9 Å². The molecule has 0 aliphatic carbocycles. The highest BCUT2D eigenvalue weighted by atomic mass is 16.3. The molecule has 2 atom stereocenters. The fourth-order valence-electron chi connectivity index (χ4n) is 5.35. The number of rotatable bonds is 3. The quantitative estimate of drug-likeness (QED) is 0.640. The number of aromatic nitrogens is 4. The van der Waals surface area contributed by atoms with E-state index in [0.717, 1.165) is 30.6 Å². The minimum atomic E-state index is -0.0891. The molecule has 9 heteroatoms. The molecule has 1 N–H and O–H groups in total. The van der Waals surface area contributed by atoms with Gasteiger partial charge < -0.3 is 14.9 Å². The second-order valence-electron chi connectivity index (χ2n) is 10.8. The van der Waals surface area contributed by atoms with Gasteiger partial charge >= 0.3 is 5.69 Å². The number of fused-ring (bicyclic) bond motifs is 3. The van der Waals surface area contributed by atoms with E-state index in [-0.39, 0.29) is 35.0 Å². The number of piperidine rings is 1. The van der Waals surface area contributed by atoms with E-state index in [1.54, 1.807) is 17.7 Å². The molecule has 2 aliphatic heterocycles. The van der Waals surface area contributed by atoms with Gasteiger partial charge in [-0.1, -0.05) is 20.8 Å². The SMILES string of the molecule is Cn1c(=O)n(CC(C)(C)C)c2ccc(N3CC4CCCC(C3)N4C(=O)c3ccc(O)nc3)nc21. The number of pyridine rings is 2. The van der Waals surface area contributed by atoms with Gasteiger partial charge in [0.05, 0.1) is 11.1 Å². The van der Waals surface area contributed by atoms with Crippen molar-refractivity contribution in [3.05, 3.63) is 46.5 Å². The van der Waals surface area contributed by atoms with Crippen LogP contribution in [0.2, 0.25) is 0 Å². The van der Waals surface area contributed by atoms with Gasteiger partial charge in [0, 0.05) is 51.0 Å². The van der Waals surface area contributed by atoms with Gasteiger partial charge in [0.2, 0.25) is 5.88 Å². The van der Waals surface area contributed by atoms with Crippen LogP contribution in [0.3, 0.4) is 0 Å². The van der Waals surface area contributed by atoms with E-state index in [1.165, 1.54) is 12.3 Å². The van der Waals surface area contributed by atoms with Gasteiger partial charge in [0.15, 0.2) is 5.65 Å². The average Bonchev–Trinajstić information content (AvgIpc) is 3.01. The molecule has 9 nitrogen and oxygen atoms in total. The lowest BCUT2D eigenvalue weighted by Gasteiger charge is -2.50. The molecule has 1 amide bonds. The Labute approximate surface area is 198 Å². The summed E-state index contributed by atoms with van der Waals surface area (Å²) in [6.45, 7) is 8.38. The number of imidazole rings is 1. The molecule has 3 aromatic rings. The fourth-order valence-corrected chi connectivity index (χ4v) is 5.35. The first-order valence-electron chi connectivity index (χ1n) is 11.9. The molecule has 0 spiro atoms. The lowest BCUT2D eigenvalue weighted by Crippen LogP contribution is -2.62. The van der Waals surface area contributed by atoms with Crippen LogP contribution in [0, 0.1) is 5.41 Å². The molecule has 5 heterocycles. The first-order chi connectivity index (χ1) is 16.1. The Hall–Kier alpha value is -3.36. The van der Waals surface area contributed by atoms with Gasteiger partial charge in [-0.2, -0.15) is 0 Å². The maximum atomic E-state index is 13.3. The summed E-state index contributed by atoms with van der Waals surface area (Å²) in [6.07, 6.45) is 4.41. The van der Waals surface area contributed by atoms with E-state index in [0.29, 0.717) is 30.8 Å². The Morgan fingerprint density at radius 1 is 1.12 bits per heavy atom. The van der Waals surface area contributed by atoms with E-state index >= 15 is 0 Å².